The molecule has 1 atom stereocenters. The Bertz CT molecular complexity index is 993. The highest BCUT2D eigenvalue weighted by atomic mass is 16.5. The first-order valence-electron chi connectivity index (χ1n) is 10.2. The van der Waals surface area contributed by atoms with E-state index in [0.29, 0.717) is 23.5 Å². The Hall–Kier alpha value is -3.38. The first-order chi connectivity index (χ1) is 15.0. The summed E-state index contributed by atoms with van der Waals surface area (Å²) in [4.78, 5) is 27.2. The summed E-state index contributed by atoms with van der Waals surface area (Å²) in [6.07, 6.45) is 2.50. The normalized spacial score (nSPS) is 17.7. The number of amides is 1. The molecule has 6 heteroatoms. The monoisotopic (exact) mass is 421 g/mol. The molecule has 6 nitrogen and oxygen atoms in total. The molecule has 31 heavy (non-hydrogen) atoms. The lowest BCUT2D eigenvalue weighted by molar-refractivity contribution is -0.140. The Balaban J connectivity index is 2.11. The van der Waals surface area contributed by atoms with Gasteiger partial charge in [-0.25, -0.2) is 0 Å². The zero-order valence-corrected chi connectivity index (χ0v) is 17.8. The van der Waals surface area contributed by atoms with E-state index in [1.165, 1.54) is 12.0 Å². The van der Waals surface area contributed by atoms with Gasteiger partial charge in [-0.15, -0.1) is 0 Å². The molecular formula is C25H27NO5. The van der Waals surface area contributed by atoms with Gasteiger partial charge in [-0.1, -0.05) is 56.0 Å². The highest BCUT2D eigenvalue weighted by Crippen LogP contribution is 2.40. The number of methoxy groups -OCH3 is 1. The van der Waals surface area contributed by atoms with Crippen LogP contribution in [0.3, 0.4) is 0 Å². The summed E-state index contributed by atoms with van der Waals surface area (Å²) in [7, 11) is 1.53. The molecule has 1 saturated heterocycles. The van der Waals surface area contributed by atoms with Crippen molar-refractivity contribution in [2.75, 3.05) is 26.9 Å². The predicted octanol–water partition coefficient (Wildman–Crippen LogP) is 3.88. The molecule has 0 bridgehead atoms. The van der Waals surface area contributed by atoms with Gasteiger partial charge in [-0.3, -0.25) is 9.59 Å². The van der Waals surface area contributed by atoms with E-state index in [1.807, 2.05) is 25.1 Å². The summed E-state index contributed by atoms with van der Waals surface area (Å²) >= 11 is 0. The Labute approximate surface area is 182 Å². The molecule has 1 heterocycles. The maximum atomic E-state index is 13.0. The third kappa shape index (κ3) is 4.70. The largest absolute Gasteiger partial charge is 0.507 e. The highest BCUT2D eigenvalue weighted by molar-refractivity contribution is 6.46. The van der Waals surface area contributed by atoms with Gasteiger partial charge in [0.15, 0.2) is 0 Å². The fourth-order valence-electron chi connectivity index (χ4n) is 3.63. The first-order valence-corrected chi connectivity index (χ1v) is 10.2. The van der Waals surface area contributed by atoms with E-state index < -0.39 is 17.7 Å². The molecule has 1 unspecified atom stereocenters. The van der Waals surface area contributed by atoms with Gasteiger partial charge in [-0.2, -0.15) is 0 Å². The van der Waals surface area contributed by atoms with E-state index in [0.717, 1.165) is 12.0 Å². The number of aliphatic hydroxyl groups is 1. The van der Waals surface area contributed by atoms with Gasteiger partial charge >= 0.3 is 0 Å². The Morgan fingerprint density at radius 2 is 1.94 bits per heavy atom. The van der Waals surface area contributed by atoms with Crippen molar-refractivity contribution in [1.29, 1.82) is 0 Å². The minimum absolute atomic E-state index is 0.0613. The van der Waals surface area contributed by atoms with Crippen LogP contribution in [0.4, 0.5) is 0 Å². The van der Waals surface area contributed by atoms with Crippen LogP contribution in [-0.2, 0) is 20.7 Å². The van der Waals surface area contributed by atoms with Crippen LogP contribution in [0.1, 0.15) is 29.7 Å². The zero-order valence-electron chi connectivity index (χ0n) is 17.8. The Morgan fingerprint density at radius 3 is 2.58 bits per heavy atom. The number of ketones is 1. The second-order valence-electron chi connectivity index (χ2n) is 7.21. The topological polar surface area (TPSA) is 76.1 Å². The van der Waals surface area contributed by atoms with Crippen molar-refractivity contribution in [2.45, 2.75) is 19.4 Å². The number of carbonyl (C=O) groups excluding carboxylic acids is 2. The summed E-state index contributed by atoms with van der Waals surface area (Å²) in [6, 6.07) is 13.7. The molecule has 1 fully saturated rings. The fraction of sp³-hybridized carbons (Fsp3) is 0.280. The van der Waals surface area contributed by atoms with Gasteiger partial charge in [0, 0.05) is 19.2 Å². The molecular weight excluding hydrogens is 394 g/mol. The predicted molar refractivity (Wildman–Crippen MR) is 119 cm³/mol. The number of hydrogen-bond donors (Lipinski definition) is 1. The van der Waals surface area contributed by atoms with Crippen LogP contribution in [0.5, 0.6) is 5.75 Å². The van der Waals surface area contributed by atoms with Gasteiger partial charge in [0.1, 0.15) is 18.1 Å². The summed E-state index contributed by atoms with van der Waals surface area (Å²) in [5, 5.41) is 11.1. The van der Waals surface area contributed by atoms with Crippen molar-refractivity contribution >= 4 is 17.4 Å². The summed E-state index contributed by atoms with van der Waals surface area (Å²) in [6.45, 7) is 6.50. The average molecular weight is 421 g/mol. The third-order valence-corrected chi connectivity index (χ3v) is 5.25. The molecule has 1 aliphatic heterocycles. The van der Waals surface area contributed by atoms with Gasteiger partial charge in [0.25, 0.3) is 11.7 Å². The molecule has 3 rings (SSSR count). The van der Waals surface area contributed by atoms with E-state index in [1.54, 1.807) is 36.4 Å². The van der Waals surface area contributed by atoms with Gasteiger partial charge in [0.2, 0.25) is 0 Å². The van der Waals surface area contributed by atoms with Crippen LogP contribution in [0.15, 0.2) is 66.8 Å². The second-order valence-corrected chi connectivity index (χ2v) is 7.21. The minimum Gasteiger partial charge on any atom is -0.507 e. The maximum absolute atomic E-state index is 13.0. The first kappa shape index (κ1) is 22.3. The van der Waals surface area contributed by atoms with Crippen molar-refractivity contribution in [3.05, 3.63) is 83.4 Å². The minimum atomic E-state index is -0.742. The van der Waals surface area contributed by atoms with Crippen LogP contribution in [-0.4, -0.2) is 48.6 Å². The van der Waals surface area contributed by atoms with Gasteiger partial charge in [0.05, 0.1) is 18.2 Å². The smallest absolute Gasteiger partial charge is 0.295 e. The van der Waals surface area contributed by atoms with Crippen molar-refractivity contribution in [3.63, 3.8) is 0 Å². The number of Topliss-reactive ketones (excluding diaryl/α,β-unsaturated/α-hetero) is 1. The van der Waals surface area contributed by atoms with E-state index in [9.17, 15) is 14.7 Å². The number of rotatable bonds is 9. The molecule has 0 spiro atoms. The van der Waals surface area contributed by atoms with Crippen molar-refractivity contribution in [3.8, 4) is 5.75 Å². The van der Waals surface area contributed by atoms with Crippen molar-refractivity contribution in [1.82, 2.24) is 4.90 Å². The SMILES string of the molecule is C=CCOc1cccc(C2/C(=C(/O)c3ccc(CC)cc3)C(=O)C(=O)N2CCOC)c1. The number of nitrogens with zero attached hydrogens (tertiary/aromatic N) is 1. The molecule has 0 aliphatic carbocycles. The van der Waals surface area contributed by atoms with Gasteiger partial charge < -0.3 is 19.5 Å². The number of hydrogen-bond acceptors (Lipinski definition) is 5. The number of likely N-dealkylation sites (tertiary alicyclic amines) is 1. The van der Waals surface area contributed by atoms with Crippen LogP contribution in [0, 0.1) is 0 Å². The van der Waals surface area contributed by atoms with Crippen LogP contribution < -0.4 is 4.74 Å². The molecule has 1 aliphatic rings. The van der Waals surface area contributed by atoms with E-state index in [2.05, 4.69) is 6.58 Å². The molecule has 2 aromatic carbocycles. The molecule has 2 aromatic rings. The standard InChI is InChI=1S/C25H27NO5/c1-4-14-31-20-8-6-7-19(16-20)22-21(24(28)25(29)26(22)13-15-30-3)23(27)18-11-9-17(5-2)10-12-18/h4,6-12,16,22,27H,1,5,13-15H2,2-3H3/b23-21-. The molecule has 1 amide bonds. The molecule has 0 aromatic heterocycles. The van der Waals surface area contributed by atoms with Crippen LogP contribution >= 0.6 is 0 Å². The Morgan fingerprint density at radius 1 is 1.19 bits per heavy atom. The maximum Gasteiger partial charge on any atom is 0.295 e. The van der Waals surface area contributed by atoms with E-state index in [4.69, 9.17) is 9.47 Å². The van der Waals surface area contributed by atoms with Crippen molar-refractivity contribution in [2.24, 2.45) is 0 Å². The number of aryl methyl sites for hydroxylation is 1. The summed E-state index contributed by atoms with van der Waals surface area (Å²) in [5.41, 5.74) is 2.33. The number of aliphatic hydroxyl groups excluding tert-OH is 1. The lowest BCUT2D eigenvalue weighted by Crippen LogP contribution is -2.32. The number of ether oxygens (including phenoxy) is 2. The molecule has 0 radical (unpaired) electrons. The van der Waals surface area contributed by atoms with Gasteiger partial charge in [-0.05, 0) is 29.7 Å². The summed E-state index contributed by atoms with van der Waals surface area (Å²) in [5.74, 6) is -0.980. The van der Waals surface area contributed by atoms with E-state index >= 15 is 0 Å². The van der Waals surface area contributed by atoms with E-state index in [-0.39, 0.29) is 24.5 Å². The second kappa shape index (κ2) is 10.1. The lowest BCUT2D eigenvalue weighted by atomic mass is 9.94. The molecule has 162 valence electrons. The lowest BCUT2D eigenvalue weighted by Gasteiger charge is -2.25. The summed E-state index contributed by atoms with van der Waals surface area (Å²) < 4.78 is 10.8. The van der Waals surface area contributed by atoms with Crippen LogP contribution in [0.2, 0.25) is 0 Å². The fourth-order valence-corrected chi connectivity index (χ4v) is 3.63. The quantitative estimate of drug-likeness (QED) is 0.288. The number of benzene rings is 2. The number of carbonyl (C=O) groups is 2. The molecule has 0 saturated carbocycles. The highest BCUT2D eigenvalue weighted by Gasteiger charge is 2.45. The third-order valence-electron chi connectivity index (χ3n) is 5.25. The van der Waals surface area contributed by atoms with Crippen molar-refractivity contribution < 1.29 is 24.2 Å². The Kier molecular flexibility index (Phi) is 7.26. The average Bonchev–Trinajstić information content (AvgIpc) is 3.06. The zero-order chi connectivity index (χ0) is 22.4. The molecule has 1 N–H and O–H groups in total. The van der Waals surface area contributed by atoms with Crippen LogP contribution in [0.25, 0.3) is 5.76 Å².